The fraction of sp³-hybridized carbons (Fsp3) is 0.0667. The van der Waals surface area contributed by atoms with Gasteiger partial charge in [0.15, 0.2) is 0 Å². The summed E-state index contributed by atoms with van der Waals surface area (Å²) in [6.07, 6.45) is 0. The Kier molecular flexibility index (Phi) is 5.01. The Morgan fingerprint density at radius 2 is 1.88 bits per heavy atom. The highest BCUT2D eigenvalue weighted by Crippen LogP contribution is 2.29. The standard InChI is InChI=1S/C15H12IN3O3S2/c1-22-13-8-7-11(9-12(13)16)24(20,21)19-15-18-17-14(23-15)10-5-3-2-4-6-10/h2-9H,1H3,(H,18,19). The van der Waals surface area contributed by atoms with E-state index in [9.17, 15) is 8.42 Å². The largest absolute Gasteiger partial charge is 0.496 e. The highest BCUT2D eigenvalue weighted by molar-refractivity contribution is 14.1. The highest BCUT2D eigenvalue weighted by atomic mass is 127. The van der Waals surface area contributed by atoms with E-state index in [0.717, 1.165) is 5.56 Å². The molecule has 0 aliphatic carbocycles. The quantitative estimate of drug-likeness (QED) is 0.573. The van der Waals surface area contributed by atoms with Gasteiger partial charge in [0.05, 0.1) is 15.6 Å². The first-order valence-corrected chi connectivity index (χ1v) is 10.1. The van der Waals surface area contributed by atoms with Crippen LogP contribution >= 0.6 is 33.9 Å². The van der Waals surface area contributed by atoms with Crippen molar-refractivity contribution < 1.29 is 13.2 Å². The molecule has 0 atom stereocenters. The molecule has 0 radical (unpaired) electrons. The molecule has 0 unspecified atom stereocenters. The second-order valence-corrected chi connectivity index (χ2v) is 8.50. The van der Waals surface area contributed by atoms with Gasteiger partial charge in [-0.25, -0.2) is 8.42 Å². The van der Waals surface area contributed by atoms with Crippen LogP contribution in [-0.4, -0.2) is 25.7 Å². The Morgan fingerprint density at radius 1 is 1.12 bits per heavy atom. The summed E-state index contributed by atoms with van der Waals surface area (Å²) in [6, 6.07) is 14.1. The maximum absolute atomic E-state index is 12.5. The third kappa shape index (κ3) is 3.68. The number of aromatic nitrogens is 2. The molecule has 0 bridgehead atoms. The van der Waals surface area contributed by atoms with Crippen LogP contribution in [0.15, 0.2) is 53.4 Å². The third-order valence-electron chi connectivity index (χ3n) is 3.10. The minimum atomic E-state index is -3.73. The van der Waals surface area contributed by atoms with Crippen molar-refractivity contribution in [1.29, 1.82) is 0 Å². The van der Waals surface area contributed by atoms with E-state index in [4.69, 9.17) is 4.74 Å². The number of rotatable bonds is 5. The Labute approximate surface area is 157 Å². The molecule has 24 heavy (non-hydrogen) atoms. The molecule has 0 fully saturated rings. The van der Waals surface area contributed by atoms with Gasteiger partial charge in [-0.3, -0.25) is 4.72 Å². The van der Waals surface area contributed by atoms with Gasteiger partial charge in [-0.1, -0.05) is 41.7 Å². The first kappa shape index (κ1) is 17.1. The van der Waals surface area contributed by atoms with Gasteiger partial charge >= 0.3 is 0 Å². The zero-order valence-electron chi connectivity index (χ0n) is 12.4. The second-order valence-electron chi connectivity index (χ2n) is 4.68. The Morgan fingerprint density at radius 3 is 2.54 bits per heavy atom. The van der Waals surface area contributed by atoms with Crippen LogP contribution in [0.1, 0.15) is 0 Å². The van der Waals surface area contributed by atoms with Crippen molar-refractivity contribution in [2.24, 2.45) is 0 Å². The molecule has 9 heteroatoms. The average Bonchev–Trinajstić information content (AvgIpc) is 3.03. The molecule has 0 aliphatic heterocycles. The molecule has 2 aromatic carbocycles. The summed E-state index contributed by atoms with van der Waals surface area (Å²) in [5.41, 5.74) is 0.888. The predicted octanol–water partition coefficient (Wildman–Crippen LogP) is 3.62. The lowest BCUT2D eigenvalue weighted by molar-refractivity contribution is 0.411. The molecule has 0 amide bonds. The van der Waals surface area contributed by atoms with Crippen LogP contribution in [0.4, 0.5) is 5.13 Å². The van der Waals surface area contributed by atoms with Crippen LogP contribution in [0.5, 0.6) is 5.75 Å². The van der Waals surface area contributed by atoms with E-state index >= 15 is 0 Å². The molecule has 3 aromatic rings. The number of nitrogens with zero attached hydrogens (tertiary/aromatic N) is 2. The van der Waals surface area contributed by atoms with Crippen molar-refractivity contribution in [3.8, 4) is 16.3 Å². The summed E-state index contributed by atoms with van der Waals surface area (Å²) in [5, 5.41) is 8.81. The number of nitrogens with one attached hydrogen (secondary N) is 1. The molecule has 0 saturated heterocycles. The molecule has 1 heterocycles. The van der Waals surface area contributed by atoms with E-state index in [2.05, 4.69) is 14.9 Å². The summed E-state index contributed by atoms with van der Waals surface area (Å²) >= 11 is 3.21. The number of methoxy groups -OCH3 is 1. The summed E-state index contributed by atoms with van der Waals surface area (Å²) in [7, 11) is -2.19. The van der Waals surface area contributed by atoms with E-state index in [-0.39, 0.29) is 10.0 Å². The number of ether oxygens (including phenoxy) is 1. The molecular weight excluding hydrogens is 461 g/mol. The zero-order valence-corrected chi connectivity index (χ0v) is 16.2. The minimum Gasteiger partial charge on any atom is -0.496 e. The van der Waals surface area contributed by atoms with Crippen molar-refractivity contribution in [1.82, 2.24) is 10.2 Å². The Hall–Kier alpha value is -1.72. The molecule has 1 N–H and O–H groups in total. The number of halogens is 1. The van der Waals surface area contributed by atoms with Gasteiger partial charge < -0.3 is 4.74 Å². The van der Waals surface area contributed by atoms with Gasteiger partial charge in [0.2, 0.25) is 5.13 Å². The molecule has 1 aromatic heterocycles. The van der Waals surface area contributed by atoms with Crippen LogP contribution in [0.25, 0.3) is 10.6 Å². The van der Waals surface area contributed by atoms with Crippen molar-refractivity contribution >= 4 is 49.1 Å². The number of hydrogen-bond acceptors (Lipinski definition) is 6. The average molecular weight is 473 g/mol. The number of sulfonamides is 1. The summed E-state index contributed by atoms with van der Waals surface area (Å²) < 4.78 is 33.3. The van der Waals surface area contributed by atoms with E-state index in [1.807, 2.05) is 52.9 Å². The maximum atomic E-state index is 12.5. The Balaban J connectivity index is 1.85. The topological polar surface area (TPSA) is 81.2 Å². The van der Waals surface area contributed by atoms with E-state index in [1.54, 1.807) is 12.1 Å². The van der Waals surface area contributed by atoms with Gasteiger partial charge in [0, 0.05) is 5.56 Å². The van der Waals surface area contributed by atoms with Gasteiger partial charge in [0.25, 0.3) is 10.0 Å². The molecule has 0 saturated carbocycles. The van der Waals surface area contributed by atoms with Gasteiger partial charge in [-0.05, 0) is 40.8 Å². The number of anilines is 1. The van der Waals surface area contributed by atoms with Gasteiger partial charge in [-0.15, -0.1) is 10.2 Å². The number of benzene rings is 2. The molecule has 3 rings (SSSR count). The SMILES string of the molecule is COc1ccc(S(=O)(=O)Nc2nnc(-c3ccccc3)s2)cc1I. The fourth-order valence-electron chi connectivity index (χ4n) is 1.95. The molecular formula is C15H12IN3O3S2. The fourth-order valence-corrected chi connectivity index (χ4v) is 4.90. The van der Waals surface area contributed by atoms with Crippen LogP contribution in [0.3, 0.4) is 0 Å². The van der Waals surface area contributed by atoms with Crippen molar-refractivity contribution in [3.63, 3.8) is 0 Å². The monoisotopic (exact) mass is 473 g/mol. The van der Waals surface area contributed by atoms with Crippen LogP contribution < -0.4 is 9.46 Å². The number of hydrogen-bond donors (Lipinski definition) is 1. The molecule has 0 aliphatic rings. The lowest BCUT2D eigenvalue weighted by atomic mass is 10.2. The van der Waals surface area contributed by atoms with Crippen LogP contribution in [-0.2, 0) is 10.0 Å². The lowest BCUT2D eigenvalue weighted by Crippen LogP contribution is -2.13. The van der Waals surface area contributed by atoms with Crippen molar-refractivity contribution in [2.75, 3.05) is 11.8 Å². The lowest BCUT2D eigenvalue weighted by Gasteiger charge is -2.07. The summed E-state index contributed by atoms with van der Waals surface area (Å²) in [6.45, 7) is 0. The molecule has 124 valence electrons. The minimum absolute atomic E-state index is 0.143. The van der Waals surface area contributed by atoms with Gasteiger partial charge in [-0.2, -0.15) is 0 Å². The van der Waals surface area contributed by atoms with E-state index in [0.29, 0.717) is 14.3 Å². The summed E-state index contributed by atoms with van der Waals surface area (Å²) in [4.78, 5) is 0.143. The maximum Gasteiger partial charge on any atom is 0.263 e. The third-order valence-corrected chi connectivity index (χ3v) is 6.30. The molecule has 6 nitrogen and oxygen atoms in total. The van der Waals surface area contributed by atoms with Crippen LogP contribution in [0, 0.1) is 3.57 Å². The van der Waals surface area contributed by atoms with Gasteiger partial charge in [0.1, 0.15) is 10.8 Å². The first-order valence-electron chi connectivity index (χ1n) is 6.75. The second kappa shape index (κ2) is 7.03. The zero-order chi connectivity index (χ0) is 17.2. The van der Waals surface area contributed by atoms with Crippen LogP contribution in [0.2, 0.25) is 0 Å². The Bertz CT molecular complexity index is 959. The molecule has 0 spiro atoms. The van der Waals surface area contributed by atoms with Crippen molar-refractivity contribution in [2.45, 2.75) is 4.90 Å². The first-order chi connectivity index (χ1) is 11.5. The predicted molar refractivity (Wildman–Crippen MR) is 102 cm³/mol. The smallest absolute Gasteiger partial charge is 0.263 e. The van der Waals surface area contributed by atoms with E-state index in [1.165, 1.54) is 24.5 Å². The van der Waals surface area contributed by atoms with E-state index < -0.39 is 10.0 Å². The highest BCUT2D eigenvalue weighted by Gasteiger charge is 2.18. The summed E-state index contributed by atoms with van der Waals surface area (Å²) in [5.74, 6) is 0.622. The normalized spacial score (nSPS) is 11.2. The van der Waals surface area contributed by atoms with Crippen molar-refractivity contribution in [3.05, 3.63) is 52.1 Å².